The van der Waals surface area contributed by atoms with E-state index in [9.17, 15) is 14.4 Å². The van der Waals surface area contributed by atoms with Crippen molar-refractivity contribution in [2.24, 2.45) is 0 Å². The van der Waals surface area contributed by atoms with E-state index in [0.29, 0.717) is 17.2 Å². The van der Waals surface area contributed by atoms with Gasteiger partial charge in [0.05, 0.1) is 5.69 Å². The normalized spacial score (nSPS) is 17.7. The van der Waals surface area contributed by atoms with Crippen molar-refractivity contribution in [2.45, 2.75) is 6.92 Å². The summed E-state index contributed by atoms with van der Waals surface area (Å²) in [5.41, 5.74) is 1.81. The van der Waals surface area contributed by atoms with Crippen LogP contribution in [0.5, 0.6) is 11.5 Å². The van der Waals surface area contributed by atoms with E-state index in [1.165, 1.54) is 12.1 Å². The second-order valence-electron chi connectivity index (χ2n) is 5.85. The first-order chi connectivity index (χ1) is 12.5. The maximum Gasteiger partial charge on any atom is 0.335 e. The Labute approximate surface area is 148 Å². The fourth-order valence-electron chi connectivity index (χ4n) is 2.82. The zero-order valence-corrected chi connectivity index (χ0v) is 13.8. The van der Waals surface area contributed by atoms with Crippen LogP contribution in [0.25, 0.3) is 6.08 Å². The molecule has 0 saturated carbocycles. The summed E-state index contributed by atoms with van der Waals surface area (Å²) in [5, 5.41) is 2.20. The predicted octanol–water partition coefficient (Wildman–Crippen LogP) is 2.39. The van der Waals surface area contributed by atoms with Crippen molar-refractivity contribution in [1.29, 1.82) is 0 Å². The Hall–Kier alpha value is -3.61. The molecular weight excluding hydrogens is 336 g/mol. The van der Waals surface area contributed by atoms with Crippen LogP contribution in [0.1, 0.15) is 11.1 Å². The first-order valence-electron chi connectivity index (χ1n) is 7.91. The highest BCUT2D eigenvalue weighted by Crippen LogP contribution is 2.36. The van der Waals surface area contributed by atoms with E-state index in [4.69, 9.17) is 9.47 Å². The monoisotopic (exact) mass is 350 g/mol. The van der Waals surface area contributed by atoms with E-state index >= 15 is 0 Å². The SMILES string of the molecule is Cc1ccccc1/C=C1\C(=O)NC(=O)N(c2ccc3c(c2)OCO3)C1=O. The van der Waals surface area contributed by atoms with Crippen molar-refractivity contribution in [2.75, 3.05) is 11.7 Å². The Balaban J connectivity index is 1.74. The molecule has 1 fully saturated rings. The van der Waals surface area contributed by atoms with Crippen molar-refractivity contribution in [3.05, 3.63) is 59.2 Å². The smallest absolute Gasteiger partial charge is 0.335 e. The molecule has 0 bridgehead atoms. The molecule has 0 aliphatic carbocycles. The molecule has 2 aromatic carbocycles. The number of benzene rings is 2. The molecule has 0 atom stereocenters. The number of nitrogens with zero attached hydrogens (tertiary/aromatic N) is 1. The highest BCUT2D eigenvalue weighted by Gasteiger charge is 2.37. The quantitative estimate of drug-likeness (QED) is 0.664. The van der Waals surface area contributed by atoms with Gasteiger partial charge in [-0.05, 0) is 36.3 Å². The number of carbonyl (C=O) groups excluding carboxylic acids is 3. The lowest BCUT2D eigenvalue weighted by Crippen LogP contribution is -2.54. The first-order valence-corrected chi connectivity index (χ1v) is 7.91. The number of nitrogens with one attached hydrogen (secondary N) is 1. The highest BCUT2D eigenvalue weighted by atomic mass is 16.7. The van der Waals surface area contributed by atoms with E-state index < -0.39 is 17.8 Å². The fourth-order valence-corrected chi connectivity index (χ4v) is 2.82. The van der Waals surface area contributed by atoms with Crippen LogP contribution in [-0.4, -0.2) is 24.6 Å². The summed E-state index contributed by atoms with van der Waals surface area (Å²) in [5.74, 6) is -0.448. The largest absolute Gasteiger partial charge is 0.454 e. The van der Waals surface area contributed by atoms with E-state index in [1.807, 2.05) is 25.1 Å². The lowest BCUT2D eigenvalue weighted by Gasteiger charge is -2.26. The molecule has 2 aliphatic rings. The predicted molar refractivity (Wildman–Crippen MR) is 92.7 cm³/mol. The maximum atomic E-state index is 12.9. The molecule has 4 rings (SSSR count). The second kappa shape index (κ2) is 6.03. The third-order valence-electron chi connectivity index (χ3n) is 4.20. The van der Waals surface area contributed by atoms with Gasteiger partial charge in [0.25, 0.3) is 11.8 Å². The van der Waals surface area contributed by atoms with Crippen LogP contribution in [0.3, 0.4) is 0 Å². The number of hydrogen-bond acceptors (Lipinski definition) is 5. The van der Waals surface area contributed by atoms with Gasteiger partial charge in [0.15, 0.2) is 11.5 Å². The van der Waals surface area contributed by atoms with Gasteiger partial charge in [-0.15, -0.1) is 0 Å². The summed E-state index contributed by atoms with van der Waals surface area (Å²) in [6, 6.07) is 11.2. The number of amides is 4. The zero-order valence-electron chi connectivity index (χ0n) is 13.8. The standard InChI is InChI=1S/C19H14N2O5/c1-11-4-2-3-5-12(11)8-14-17(22)20-19(24)21(18(14)23)13-6-7-15-16(9-13)26-10-25-15/h2-9H,10H2,1H3,(H,20,22,24)/b14-8+. The molecule has 0 unspecified atom stereocenters. The first kappa shape index (κ1) is 15.9. The lowest BCUT2D eigenvalue weighted by molar-refractivity contribution is -0.122. The topological polar surface area (TPSA) is 84.9 Å². The third kappa shape index (κ3) is 2.59. The summed E-state index contributed by atoms with van der Waals surface area (Å²) in [6.07, 6.45) is 1.49. The van der Waals surface area contributed by atoms with Crippen LogP contribution < -0.4 is 19.7 Å². The maximum absolute atomic E-state index is 12.9. The molecule has 1 saturated heterocycles. The minimum absolute atomic E-state index is 0.0792. The number of rotatable bonds is 2. The average Bonchev–Trinajstić information content (AvgIpc) is 3.08. The molecular formula is C19H14N2O5. The molecule has 0 radical (unpaired) electrons. The Kier molecular flexibility index (Phi) is 3.69. The summed E-state index contributed by atoms with van der Waals surface area (Å²) in [7, 11) is 0. The van der Waals surface area contributed by atoms with Gasteiger partial charge in [-0.25, -0.2) is 9.69 Å². The molecule has 4 amide bonds. The molecule has 26 heavy (non-hydrogen) atoms. The van der Waals surface area contributed by atoms with Crippen LogP contribution in [0.4, 0.5) is 10.5 Å². The molecule has 2 aromatic rings. The minimum Gasteiger partial charge on any atom is -0.454 e. The van der Waals surface area contributed by atoms with E-state index in [2.05, 4.69) is 5.32 Å². The van der Waals surface area contributed by atoms with Crippen molar-refractivity contribution < 1.29 is 23.9 Å². The van der Waals surface area contributed by atoms with Crippen LogP contribution in [0.15, 0.2) is 48.0 Å². The summed E-state index contributed by atoms with van der Waals surface area (Å²) in [6.45, 7) is 1.95. The zero-order chi connectivity index (χ0) is 18.3. The van der Waals surface area contributed by atoms with Crippen LogP contribution in [0, 0.1) is 6.92 Å². The Morgan fingerprint density at radius 2 is 1.81 bits per heavy atom. The van der Waals surface area contributed by atoms with Gasteiger partial charge in [-0.3, -0.25) is 14.9 Å². The van der Waals surface area contributed by atoms with Gasteiger partial charge in [0, 0.05) is 6.07 Å². The Morgan fingerprint density at radius 1 is 1.04 bits per heavy atom. The highest BCUT2D eigenvalue weighted by molar-refractivity contribution is 6.39. The number of hydrogen-bond donors (Lipinski definition) is 1. The molecule has 0 aromatic heterocycles. The van der Waals surface area contributed by atoms with Crippen LogP contribution in [0.2, 0.25) is 0 Å². The van der Waals surface area contributed by atoms with Gasteiger partial charge in [-0.2, -0.15) is 0 Å². The molecule has 1 N–H and O–H groups in total. The molecule has 130 valence electrons. The number of barbiturate groups is 1. The molecule has 0 spiro atoms. The molecule has 2 heterocycles. The van der Waals surface area contributed by atoms with Crippen molar-refractivity contribution in [1.82, 2.24) is 5.32 Å². The Bertz CT molecular complexity index is 980. The fraction of sp³-hybridized carbons (Fsp3) is 0.105. The van der Waals surface area contributed by atoms with Crippen molar-refractivity contribution in [3.63, 3.8) is 0 Å². The van der Waals surface area contributed by atoms with Gasteiger partial charge in [0.2, 0.25) is 6.79 Å². The second-order valence-corrected chi connectivity index (χ2v) is 5.85. The van der Waals surface area contributed by atoms with Crippen LogP contribution in [-0.2, 0) is 9.59 Å². The summed E-state index contributed by atoms with van der Waals surface area (Å²) < 4.78 is 10.5. The number of urea groups is 1. The summed E-state index contributed by atoms with van der Waals surface area (Å²) in [4.78, 5) is 38.2. The van der Waals surface area contributed by atoms with E-state index in [-0.39, 0.29) is 12.4 Å². The van der Waals surface area contributed by atoms with Crippen molar-refractivity contribution >= 4 is 29.6 Å². The van der Waals surface area contributed by atoms with Gasteiger partial charge < -0.3 is 9.47 Å². The van der Waals surface area contributed by atoms with E-state index in [1.54, 1.807) is 18.2 Å². The lowest BCUT2D eigenvalue weighted by atomic mass is 10.0. The summed E-state index contributed by atoms with van der Waals surface area (Å²) >= 11 is 0. The third-order valence-corrected chi connectivity index (χ3v) is 4.20. The minimum atomic E-state index is -0.805. The van der Waals surface area contributed by atoms with Gasteiger partial charge >= 0.3 is 6.03 Å². The van der Waals surface area contributed by atoms with Gasteiger partial charge in [0.1, 0.15) is 5.57 Å². The van der Waals surface area contributed by atoms with E-state index in [0.717, 1.165) is 16.0 Å². The number of imide groups is 2. The Morgan fingerprint density at radius 3 is 2.62 bits per heavy atom. The van der Waals surface area contributed by atoms with Crippen molar-refractivity contribution in [3.8, 4) is 11.5 Å². The molecule has 7 heteroatoms. The number of fused-ring (bicyclic) bond motifs is 1. The molecule has 7 nitrogen and oxygen atoms in total. The number of carbonyl (C=O) groups is 3. The average molecular weight is 350 g/mol. The number of ether oxygens (including phenoxy) is 2. The molecule has 2 aliphatic heterocycles. The number of anilines is 1. The van der Waals surface area contributed by atoms with Gasteiger partial charge in [-0.1, -0.05) is 24.3 Å². The van der Waals surface area contributed by atoms with Crippen LogP contribution >= 0.6 is 0 Å². The number of aryl methyl sites for hydroxylation is 1.